The second-order valence-corrected chi connectivity index (χ2v) is 7.19. The van der Waals surface area contributed by atoms with Gasteiger partial charge in [0, 0.05) is 13.1 Å². The molecule has 1 saturated heterocycles. The standard InChI is InChI=1S/C14H18N2O4S/c1-11-4-2-3-5-12(11)9-21(19,20)10-14(18)16-7-6-15-13(17)8-16/h2-5H,6-10H2,1H3,(H,15,17). The van der Waals surface area contributed by atoms with Crippen LogP contribution >= 0.6 is 0 Å². The first-order valence-electron chi connectivity index (χ1n) is 6.67. The number of hydrogen-bond acceptors (Lipinski definition) is 4. The van der Waals surface area contributed by atoms with E-state index >= 15 is 0 Å². The molecule has 1 fully saturated rings. The Balaban J connectivity index is 2.02. The first-order chi connectivity index (χ1) is 9.87. The molecule has 21 heavy (non-hydrogen) atoms. The third-order valence-corrected chi connectivity index (χ3v) is 4.81. The molecule has 0 spiro atoms. The second kappa shape index (κ2) is 6.26. The molecule has 1 heterocycles. The van der Waals surface area contributed by atoms with Crippen molar-refractivity contribution < 1.29 is 18.0 Å². The molecule has 6 nitrogen and oxygen atoms in total. The van der Waals surface area contributed by atoms with Crippen LogP contribution in [0.1, 0.15) is 11.1 Å². The molecule has 1 aliphatic heterocycles. The summed E-state index contributed by atoms with van der Waals surface area (Å²) in [5, 5.41) is 2.59. The van der Waals surface area contributed by atoms with Crippen molar-refractivity contribution in [2.75, 3.05) is 25.4 Å². The van der Waals surface area contributed by atoms with Gasteiger partial charge in [0.25, 0.3) is 0 Å². The summed E-state index contributed by atoms with van der Waals surface area (Å²) in [5.74, 6) is -1.50. The van der Waals surface area contributed by atoms with Crippen LogP contribution in [0.15, 0.2) is 24.3 Å². The van der Waals surface area contributed by atoms with E-state index in [9.17, 15) is 18.0 Å². The highest BCUT2D eigenvalue weighted by atomic mass is 32.2. The minimum Gasteiger partial charge on any atom is -0.353 e. The van der Waals surface area contributed by atoms with Crippen LogP contribution in [0.4, 0.5) is 0 Å². The Morgan fingerprint density at radius 2 is 2.05 bits per heavy atom. The SMILES string of the molecule is Cc1ccccc1CS(=O)(=O)CC(=O)N1CCNC(=O)C1. The van der Waals surface area contributed by atoms with Crippen LogP contribution in [0.3, 0.4) is 0 Å². The van der Waals surface area contributed by atoms with Gasteiger partial charge >= 0.3 is 0 Å². The van der Waals surface area contributed by atoms with Crippen molar-refractivity contribution in [3.05, 3.63) is 35.4 Å². The molecule has 0 aromatic heterocycles. The zero-order valence-corrected chi connectivity index (χ0v) is 12.6. The van der Waals surface area contributed by atoms with Crippen molar-refractivity contribution in [1.82, 2.24) is 10.2 Å². The predicted octanol–water partition coefficient (Wildman–Crippen LogP) is -0.132. The predicted molar refractivity (Wildman–Crippen MR) is 78.3 cm³/mol. The second-order valence-electron chi connectivity index (χ2n) is 5.12. The fourth-order valence-electron chi connectivity index (χ4n) is 2.19. The maximum absolute atomic E-state index is 12.1. The van der Waals surface area contributed by atoms with Gasteiger partial charge in [0.15, 0.2) is 9.84 Å². The van der Waals surface area contributed by atoms with Crippen molar-refractivity contribution in [3.8, 4) is 0 Å². The van der Waals surface area contributed by atoms with Crippen LogP contribution in [-0.2, 0) is 25.2 Å². The number of sulfone groups is 1. The van der Waals surface area contributed by atoms with Crippen LogP contribution in [0.2, 0.25) is 0 Å². The summed E-state index contributed by atoms with van der Waals surface area (Å²) in [6.45, 7) is 2.48. The van der Waals surface area contributed by atoms with Crippen LogP contribution in [0.5, 0.6) is 0 Å². The van der Waals surface area contributed by atoms with Crippen molar-refractivity contribution in [2.24, 2.45) is 0 Å². The van der Waals surface area contributed by atoms with Crippen molar-refractivity contribution in [3.63, 3.8) is 0 Å². The van der Waals surface area contributed by atoms with Gasteiger partial charge in [-0.25, -0.2) is 8.42 Å². The molecule has 0 aliphatic carbocycles. The first-order valence-corrected chi connectivity index (χ1v) is 8.49. The van der Waals surface area contributed by atoms with Gasteiger partial charge in [-0.2, -0.15) is 0 Å². The van der Waals surface area contributed by atoms with Crippen molar-refractivity contribution >= 4 is 21.7 Å². The number of amides is 2. The normalized spacial score (nSPS) is 15.7. The maximum atomic E-state index is 12.1. The minimum atomic E-state index is -3.55. The highest BCUT2D eigenvalue weighted by Crippen LogP contribution is 2.12. The summed E-state index contributed by atoms with van der Waals surface area (Å²) in [4.78, 5) is 24.5. The van der Waals surface area contributed by atoms with Crippen molar-refractivity contribution in [1.29, 1.82) is 0 Å². The average molecular weight is 310 g/mol. The maximum Gasteiger partial charge on any atom is 0.239 e. The fraction of sp³-hybridized carbons (Fsp3) is 0.429. The number of hydrogen-bond donors (Lipinski definition) is 1. The lowest BCUT2D eigenvalue weighted by Crippen LogP contribution is -2.51. The van der Waals surface area contributed by atoms with Crippen LogP contribution < -0.4 is 5.32 Å². The van der Waals surface area contributed by atoms with E-state index < -0.39 is 21.5 Å². The number of piperazine rings is 1. The molecular weight excluding hydrogens is 292 g/mol. The molecule has 1 aromatic carbocycles. The molecule has 0 unspecified atom stereocenters. The van der Waals surface area contributed by atoms with E-state index in [1.165, 1.54) is 4.90 Å². The molecule has 1 aliphatic rings. The largest absolute Gasteiger partial charge is 0.353 e. The molecular formula is C14H18N2O4S. The van der Waals surface area contributed by atoms with Crippen LogP contribution in [-0.4, -0.2) is 50.5 Å². The number of benzene rings is 1. The van der Waals surface area contributed by atoms with Gasteiger partial charge in [-0.3, -0.25) is 9.59 Å². The Kier molecular flexibility index (Phi) is 4.62. The molecule has 1 N–H and O–H groups in total. The molecule has 2 amide bonds. The monoisotopic (exact) mass is 310 g/mol. The summed E-state index contributed by atoms with van der Waals surface area (Å²) in [7, 11) is -3.55. The van der Waals surface area contributed by atoms with Gasteiger partial charge in [-0.15, -0.1) is 0 Å². The summed E-state index contributed by atoms with van der Waals surface area (Å²) in [6, 6.07) is 7.19. The molecule has 7 heteroatoms. The van der Waals surface area contributed by atoms with Gasteiger partial charge in [-0.05, 0) is 18.1 Å². The van der Waals surface area contributed by atoms with E-state index in [1.807, 2.05) is 19.1 Å². The summed E-state index contributed by atoms with van der Waals surface area (Å²) in [6.07, 6.45) is 0. The molecule has 114 valence electrons. The van der Waals surface area contributed by atoms with E-state index in [-0.39, 0.29) is 18.2 Å². The molecule has 1 aromatic rings. The lowest BCUT2D eigenvalue weighted by atomic mass is 10.1. The Hall–Kier alpha value is -1.89. The summed E-state index contributed by atoms with van der Waals surface area (Å²) in [5.41, 5.74) is 1.58. The zero-order chi connectivity index (χ0) is 15.5. The minimum absolute atomic E-state index is 0.0707. The Bertz CT molecular complexity index is 655. The van der Waals surface area contributed by atoms with Gasteiger partial charge in [-0.1, -0.05) is 24.3 Å². The fourth-order valence-corrected chi connectivity index (χ4v) is 3.65. The lowest BCUT2D eigenvalue weighted by molar-refractivity contribution is -0.136. The number of aryl methyl sites for hydroxylation is 1. The lowest BCUT2D eigenvalue weighted by Gasteiger charge is -2.26. The average Bonchev–Trinajstić information content (AvgIpc) is 2.40. The van der Waals surface area contributed by atoms with E-state index in [0.29, 0.717) is 18.7 Å². The van der Waals surface area contributed by atoms with E-state index in [0.717, 1.165) is 5.56 Å². The molecule has 0 bridgehead atoms. The smallest absolute Gasteiger partial charge is 0.239 e. The van der Waals surface area contributed by atoms with E-state index in [4.69, 9.17) is 0 Å². The van der Waals surface area contributed by atoms with Crippen LogP contribution in [0.25, 0.3) is 0 Å². The highest BCUT2D eigenvalue weighted by Gasteiger charge is 2.26. The Morgan fingerprint density at radius 3 is 2.71 bits per heavy atom. The first kappa shape index (κ1) is 15.5. The molecule has 2 rings (SSSR count). The van der Waals surface area contributed by atoms with Crippen molar-refractivity contribution in [2.45, 2.75) is 12.7 Å². The Morgan fingerprint density at radius 1 is 1.33 bits per heavy atom. The van der Waals surface area contributed by atoms with Gasteiger partial charge in [0.1, 0.15) is 5.75 Å². The summed E-state index contributed by atoms with van der Waals surface area (Å²) < 4.78 is 24.3. The van der Waals surface area contributed by atoms with Gasteiger partial charge in [0.2, 0.25) is 11.8 Å². The number of carbonyl (C=O) groups excluding carboxylic acids is 2. The molecule has 0 radical (unpaired) electrons. The number of rotatable bonds is 4. The van der Waals surface area contributed by atoms with Gasteiger partial charge < -0.3 is 10.2 Å². The van der Waals surface area contributed by atoms with Crippen LogP contribution in [0, 0.1) is 6.92 Å². The molecule has 0 saturated carbocycles. The number of nitrogens with one attached hydrogen (secondary N) is 1. The number of carbonyl (C=O) groups is 2. The third kappa shape index (κ3) is 4.29. The van der Waals surface area contributed by atoms with E-state index in [1.54, 1.807) is 12.1 Å². The zero-order valence-electron chi connectivity index (χ0n) is 11.8. The highest BCUT2D eigenvalue weighted by molar-refractivity contribution is 7.91. The molecule has 0 atom stereocenters. The third-order valence-electron chi connectivity index (χ3n) is 3.37. The summed E-state index contributed by atoms with van der Waals surface area (Å²) >= 11 is 0. The Labute approximate surface area is 124 Å². The number of nitrogens with zero attached hydrogens (tertiary/aromatic N) is 1. The topological polar surface area (TPSA) is 83.6 Å². The van der Waals surface area contributed by atoms with Gasteiger partial charge in [0.05, 0.1) is 12.3 Å². The quantitative estimate of drug-likeness (QED) is 0.839. The van der Waals surface area contributed by atoms with E-state index in [2.05, 4.69) is 5.32 Å².